The fourth-order valence-electron chi connectivity index (χ4n) is 1.08. The van der Waals surface area contributed by atoms with Crippen LogP contribution in [0.4, 0.5) is 0 Å². The molecule has 0 spiro atoms. The lowest BCUT2D eigenvalue weighted by molar-refractivity contribution is 0.112. The number of hydrogen-bond acceptors (Lipinski definition) is 3. The second-order valence-electron chi connectivity index (χ2n) is 2.45. The lowest BCUT2D eigenvalue weighted by Crippen LogP contribution is -2.08. The maximum Gasteiger partial charge on any atom is 0.231 e. The lowest BCUT2D eigenvalue weighted by atomic mass is 9.91. The van der Waals surface area contributed by atoms with E-state index in [1.165, 1.54) is 0 Å². The summed E-state index contributed by atoms with van der Waals surface area (Å²) < 4.78 is 10.1. The summed E-state index contributed by atoms with van der Waals surface area (Å²) in [5, 5.41) is 0. The van der Waals surface area contributed by atoms with Gasteiger partial charge in [-0.15, -0.1) is 0 Å². The minimum Gasteiger partial charge on any atom is -0.454 e. The van der Waals surface area contributed by atoms with E-state index in [-0.39, 0.29) is 6.79 Å². The summed E-state index contributed by atoms with van der Waals surface area (Å²) in [5.41, 5.74) is 0.841. The number of benzene rings is 1. The first-order valence-electron chi connectivity index (χ1n) is 3.45. The van der Waals surface area contributed by atoms with Crippen LogP contribution in [0.25, 0.3) is 0 Å². The van der Waals surface area contributed by atoms with Gasteiger partial charge in [-0.2, -0.15) is 0 Å². The molecule has 0 fully saturated rings. The molecule has 2 rings (SSSR count). The van der Waals surface area contributed by atoms with Crippen LogP contribution < -0.4 is 14.9 Å². The van der Waals surface area contributed by atoms with Crippen LogP contribution in [0.3, 0.4) is 0 Å². The monoisotopic (exact) mass is 160 g/mol. The molecule has 0 unspecified atom stereocenters. The summed E-state index contributed by atoms with van der Waals surface area (Å²) in [6.07, 6.45) is 0.692. The molecule has 1 heterocycles. The molecule has 1 aliphatic rings. The number of hydrogen-bond donors (Lipinski definition) is 0. The highest BCUT2D eigenvalue weighted by molar-refractivity contribution is 6.35. The molecule has 0 bridgehead atoms. The van der Waals surface area contributed by atoms with Crippen LogP contribution in [0.1, 0.15) is 10.4 Å². The Hall–Kier alpha value is -1.45. The molecule has 0 saturated heterocycles. The van der Waals surface area contributed by atoms with Gasteiger partial charge in [-0.05, 0) is 12.1 Å². The molecule has 0 amide bonds. The quantitative estimate of drug-likeness (QED) is 0.429. The van der Waals surface area contributed by atoms with E-state index in [0.717, 1.165) is 0 Å². The molecule has 1 aliphatic heterocycles. The number of fused-ring (bicyclic) bond motifs is 1. The predicted octanol–water partition coefficient (Wildman–Crippen LogP) is 0.0216. The van der Waals surface area contributed by atoms with Crippen LogP contribution in [0.15, 0.2) is 12.1 Å². The van der Waals surface area contributed by atoms with Crippen molar-refractivity contribution in [3.8, 4) is 11.5 Å². The molecule has 0 saturated carbocycles. The van der Waals surface area contributed by atoms with Crippen molar-refractivity contribution in [3.05, 3.63) is 17.7 Å². The van der Waals surface area contributed by atoms with Gasteiger partial charge < -0.3 is 9.47 Å². The fourth-order valence-corrected chi connectivity index (χ4v) is 1.08. The van der Waals surface area contributed by atoms with Crippen LogP contribution >= 0.6 is 0 Å². The normalized spacial score (nSPS) is 13.0. The highest BCUT2D eigenvalue weighted by Crippen LogP contribution is 2.30. The molecule has 3 nitrogen and oxygen atoms in total. The minimum absolute atomic E-state index is 0.192. The first-order valence-corrected chi connectivity index (χ1v) is 3.45. The Morgan fingerprint density at radius 2 is 2.00 bits per heavy atom. The number of ether oxygens (including phenoxy) is 2. The van der Waals surface area contributed by atoms with E-state index in [4.69, 9.17) is 17.3 Å². The van der Waals surface area contributed by atoms with Gasteiger partial charge in [0.25, 0.3) is 0 Å². The SMILES string of the molecule is [B]c1cc2c(cc1C=O)OCO2. The van der Waals surface area contributed by atoms with Gasteiger partial charge in [0.2, 0.25) is 6.79 Å². The average Bonchev–Trinajstić information content (AvgIpc) is 2.49. The van der Waals surface area contributed by atoms with Gasteiger partial charge in [0.05, 0.1) is 0 Å². The molecule has 0 N–H and O–H groups in total. The van der Waals surface area contributed by atoms with E-state index in [1.54, 1.807) is 12.1 Å². The first kappa shape index (κ1) is 7.22. The largest absolute Gasteiger partial charge is 0.454 e. The van der Waals surface area contributed by atoms with E-state index in [0.29, 0.717) is 28.8 Å². The third-order valence-electron chi connectivity index (χ3n) is 1.71. The van der Waals surface area contributed by atoms with Crippen LogP contribution in [0, 0.1) is 0 Å². The van der Waals surface area contributed by atoms with Crippen molar-refractivity contribution in [2.75, 3.05) is 6.79 Å². The predicted molar refractivity (Wildman–Crippen MR) is 43.3 cm³/mol. The minimum atomic E-state index is 0.192. The topological polar surface area (TPSA) is 35.5 Å². The van der Waals surface area contributed by atoms with E-state index >= 15 is 0 Å². The summed E-state index contributed by atoms with van der Waals surface area (Å²) in [4.78, 5) is 10.5. The van der Waals surface area contributed by atoms with Gasteiger partial charge in [0.1, 0.15) is 14.1 Å². The Labute approximate surface area is 70.7 Å². The third kappa shape index (κ3) is 0.960. The molecule has 0 aliphatic carbocycles. The Bertz CT molecular complexity index is 335. The Morgan fingerprint density at radius 1 is 1.33 bits per heavy atom. The number of carbonyl (C=O) groups is 1. The summed E-state index contributed by atoms with van der Waals surface area (Å²) >= 11 is 0. The highest BCUT2D eigenvalue weighted by Gasteiger charge is 2.14. The Balaban J connectivity index is 2.56. The van der Waals surface area contributed by atoms with Crippen LogP contribution in [-0.2, 0) is 0 Å². The van der Waals surface area contributed by atoms with Crippen LogP contribution in [-0.4, -0.2) is 20.9 Å². The number of rotatable bonds is 1. The third-order valence-corrected chi connectivity index (χ3v) is 1.71. The summed E-state index contributed by atoms with van der Waals surface area (Å²) in [6.45, 7) is 0.192. The van der Waals surface area contributed by atoms with E-state index in [9.17, 15) is 4.79 Å². The van der Waals surface area contributed by atoms with E-state index in [1.807, 2.05) is 0 Å². The van der Waals surface area contributed by atoms with Crippen molar-refractivity contribution in [2.24, 2.45) is 0 Å². The Kier molecular flexibility index (Phi) is 1.53. The second kappa shape index (κ2) is 2.55. The summed E-state index contributed by atoms with van der Waals surface area (Å²) in [5.74, 6) is 1.17. The number of carbonyl (C=O) groups excluding carboxylic acids is 1. The van der Waals surface area contributed by atoms with Gasteiger partial charge in [-0.3, -0.25) is 4.79 Å². The molecule has 58 valence electrons. The van der Waals surface area contributed by atoms with Gasteiger partial charge in [0.15, 0.2) is 11.5 Å². The molecule has 0 atom stereocenters. The molecule has 1 aromatic carbocycles. The smallest absolute Gasteiger partial charge is 0.231 e. The van der Waals surface area contributed by atoms with Gasteiger partial charge in [0, 0.05) is 5.56 Å². The van der Waals surface area contributed by atoms with E-state index < -0.39 is 0 Å². The van der Waals surface area contributed by atoms with Gasteiger partial charge in [-0.1, -0.05) is 5.46 Å². The zero-order valence-corrected chi connectivity index (χ0v) is 6.24. The first-order chi connectivity index (χ1) is 5.81. The zero-order chi connectivity index (χ0) is 8.55. The number of aldehydes is 1. The Morgan fingerprint density at radius 3 is 2.67 bits per heavy atom. The van der Waals surface area contributed by atoms with Crippen LogP contribution in [0.5, 0.6) is 11.5 Å². The standard InChI is InChI=1S/C8H5BO3/c9-6-2-8-7(11-4-12-8)1-5(6)3-10/h1-3H,4H2. The van der Waals surface area contributed by atoms with Gasteiger partial charge in [-0.25, -0.2) is 0 Å². The summed E-state index contributed by atoms with van der Waals surface area (Å²) in [7, 11) is 5.54. The van der Waals surface area contributed by atoms with Gasteiger partial charge >= 0.3 is 0 Å². The average molecular weight is 160 g/mol. The van der Waals surface area contributed by atoms with Crippen molar-refractivity contribution < 1.29 is 14.3 Å². The maximum atomic E-state index is 10.5. The van der Waals surface area contributed by atoms with Crippen molar-refractivity contribution in [1.29, 1.82) is 0 Å². The second-order valence-corrected chi connectivity index (χ2v) is 2.45. The molecule has 12 heavy (non-hydrogen) atoms. The van der Waals surface area contributed by atoms with Crippen LogP contribution in [0.2, 0.25) is 0 Å². The fraction of sp³-hybridized carbons (Fsp3) is 0.125. The summed E-state index contributed by atoms with van der Waals surface area (Å²) in [6, 6.07) is 3.16. The molecule has 0 aromatic heterocycles. The van der Waals surface area contributed by atoms with Crippen molar-refractivity contribution >= 4 is 19.6 Å². The van der Waals surface area contributed by atoms with Crippen molar-refractivity contribution in [1.82, 2.24) is 0 Å². The molecule has 4 heteroatoms. The molecular weight excluding hydrogens is 155 g/mol. The van der Waals surface area contributed by atoms with Crippen molar-refractivity contribution in [2.45, 2.75) is 0 Å². The van der Waals surface area contributed by atoms with Crippen molar-refractivity contribution in [3.63, 3.8) is 0 Å². The highest BCUT2D eigenvalue weighted by atomic mass is 16.7. The molecule has 1 aromatic rings. The maximum absolute atomic E-state index is 10.5. The van der Waals surface area contributed by atoms with E-state index in [2.05, 4.69) is 0 Å². The zero-order valence-electron chi connectivity index (χ0n) is 6.24. The molecular formula is C8H5BO3. The lowest BCUT2D eigenvalue weighted by Gasteiger charge is -2.00. The molecule has 2 radical (unpaired) electrons.